The molecule has 1 atom stereocenters. The number of carbonyl (C=O) groups excluding carboxylic acids is 1. The van der Waals surface area contributed by atoms with Crippen molar-refractivity contribution in [3.8, 4) is 11.1 Å². The van der Waals surface area contributed by atoms with Crippen LogP contribution >= 0.6 is 0 Å². The summed E-state index contributed by atoms with van der Waals surface area (Å²) in [4.78, 5) is 11.4. The lowest BCUT2D eigenvalue weighted by Crippen LogP contribution is -2.33. The number of aromatic nitrogens is 2. The third-order valence-corrected chi connectivity index (χ3v) is 8.19. The van der Waals surface area contributed by atoms with E-state index in [0.29, 0.717) is 36.6 Å². The molecule has 0 aliphatic heterocycles. The van der Waals surface area contributed by atoms with Gasteiger partial charge in [-0.3, -0.25) is 9.48 Å². The van der Waals surface area contributed by atoms with Gasteiger partial charge in [-0.1, -0.05) is 12.1 Å². The van der Waals surface area contributed by atoms with Gasteiger partial charge < -0.3 is 4.74 Å². The fraction of sp³-hybridized carbons (Fsp3) is 0.360. The molecule has 0 spiro atoms. The number of rotatable bonds is 7. The minimum absolute atomic E-state index is 0.00612. The number of hydrogen-bond acceptors (Lipinski definition) is 5. The van der Waals surface area contributed by atoms with Crippen LogP contribution < -0.4 is 0 Å². The van der Waals surface area contributed by atoms with Gasteiger partial charge in [0.2, 0.25) is 10.0 Å². The van der Waals surface area contributed by atoms with Crippen LogP contribution in [0.25, 0.3) is 11.1 Å². The van der Waals surface area contributed by atoms with E-state index in [1.807, 2.05) is 0 Å². The van der Waals surface area contributed by atoms with E-state index in [9.17, 15) is 30.8 Å². The number of benzene rings is 2. The van der Waals surface area contributed by atoms with E-state index in [-0.39, 0.29) is 24.3 Å². The van der Waals surface area contributed by atoms with Crippen LogP contribution in [0.1, 0.15) is 42.6 Å². The standard InChI is InChI=1S/C25H25F4N3O4S/c1-3-36-24(33)15-32-23-6-4-5-22(21(23)14-30-32)31(2)37(34,35)20-12-17(11-18(13-20)25(27,28)29)16-7-9-19(26)10-8-16/h7-14,22H,3-6,15H2,1-2H3/t22-/m1/s1. The number of nitrogens with zero attached hydrogens (tertiary/aromatic N) is 3. The second-order valence-electron chi connectivity index (χ2n) is 8.69. The van der Waals surface area contributed by atoms with Gasteiger partial charge in [0.05, 0.1) is 29.3 Å². The minimum Gasteiger partial charge on any atom is -0.465 e. The SMILES string of the molecule is CCOC(=O)Cn1ncc2c1CCC[C@H]2N(C)S(=O)(=O)c1cc(-c2ccc(F)cc2)cc(C(F)(F)F)c1. The molecular weight excluding hydrogens is 514 g/mol. The van der Waals surface area contributed by atoms with Crippen molar-refractivity contribution in [3.63, 3.8) is 0 Å². The Morgan fingerprint density at radius 1 is 1.16 bits per heavy atom. The molecular formula is C25H25F4N3O4S. The molecule has 2 aromatic carbocycles. The number of halogens is 4. The molecule has 7 nitrogen and oxygen atoms in total. The first kappa shape index (κ1) is 26.8. The monoisotopic (exact) mass is 539 g/mol. The van der Waals surface area contributed by atoms with E-state index in [2.05, 4.69) is 5.10 Å². The first-order chi connectivity index (χ1) is 17.4. The number of alkyl halides is 3. The van der Waals surface area contributed by atoms with Crippen LogP contribution in [-0.2, 0) is 38.7 Å². The maximum absolute atomic E-state index is 13.7. The van der Waals surface area contributed by atoms with Crippen molar-refractivity contribution in [2.45, 2.75) is 49.8 Å². The highest BCUT2D eigenvalue weighted by molar-refractivity contribution is 7.89. The van der Waals surface area contributed by atoms with E-state index in [1.165, 1.54) is 30.1 Å². The molecule has 0 bridgehead atoms. The summed E-state index contributed by atoms with van der Waals surface area (Å²) in [5.74, 6) is -1.05. The van der Waals surface area contributed by atoms with Crippen LogP contribution in [-0.4, -0.2) is 42.1 Å². The summed E-state index contributed by atoms with van der Waals surface area (Å²) in [7, 11) is -3.08. The Balaban J connectivity index is 1.72. The van der Waals surface area contributed by atoms with Gasteiger partial charge in [0.1, 0.15) is 12.4 Å². The predicted molar refractivity (Wildman–Crippen MR) is 126 cm³/mol. The van der Waals surface area contributed by atoms with E-state index in [4.69, 9.17) is 4.74 Å². The molecule has 0 unspecified atom stereocenters. The number of ether oxygens (including phenoxy) is 1. The molecule has 0 fully saturated rings. The third-order valence-electron chi connectivity index (χ3n) is 6.34. The zero-order valence-electron chi connectivity index (χ0n) is 20.1. The molecule has 37 heavy (non-hydrogen) atoms. The molecule has 12 heteroatoms. The lowest BCUT2D eigenvalue weighted by molar-refractivity contribution is -0.144. The number of fused-ring (bicyclic) bond motifs is 1. The quantitative estimate of drug-likeness (QED) is 0.313. The molecule has 1 aliphatic rings. The third kappa shape index (κ3) is 5.54. The van der Waals surface area contributed by atoms with Crippen LogP contribution in [0, 0.1) is 5.82 Å². The average molecular weight is 540 g/mol. The Labute approximate surface area is 211 Å². The number of esters is 1. The topological polar surface area (TPSA) is 81.5 Å². The van der Waals surface area contributed by atoms with Crippen LogP contribution in [0.2, 0.25) is 0 Å². The van der Waals surface area contributed by atoms with Crippen LogP contribution in [0.15, 0.2) is 53.6 Å². The summed E-state index contributed by atoms with van der Waals surface area (Å²) in [6.07, 6.45) is -1.73. The zero-order chi connectivity index (χ0) is 27.0. The average Bonchev–Trinajstić information content (AvgIpc) is 3.26. The van der Waals surface area contributed by atoms with E-state index >= 15 is 0 Å². The van der Waals surface area contributed by atoms with Gasteiger partial charge in [0.15, 0.2) is 0 Å². The Morgan fingerprint density at radius 3 is 2.51 bits per heavy atom. The van der Waals surface area contributed by atoms with Gasteiger partial charge in [-0.25, -0.2) is 12.8 Å². The summed E-state index contributed by atoms with van der Waals surface area (Å²) >= 11 is 0. The predicted octanol–water partition coefficient (Wildman–Crippen LogP) is 4.97. The van der Waals surface area contributed by atoms with Gasteiger partial charge in [0.25, 0.3) is 0 Å². The highest BCUT2D eigenvalue weighted by Gasteiger charge is 2.37. The van der Waals surface area contributed by atoms with Crippen molar-refractivity contribution < 1.29 is 35.5 Å². The summed E-state index contributed by atoms with van der Waals surface area (Å²) in [5, 5.41) is 4.23. The maximum Gasteiger partial charge on any atom is 0.416 e. The second kappa shape index (κ2) is 10.3. The Kier molecular flexibility index (Phi) is 7.43. The first-order valence-electron chi connectivity index (χ1n) is 11.6. The van der Waals surface area contributed by atoms with Crippen molar-refractivity contribution in [3.05, 3.63) is 71.3 Å². The summed E-state index contributed by atoms with van der Waals surface area (Å²) in [6.45, 7) is 1.77. The molecule has 3 aromatic rings. The molecule has 0 N–H and O–H groups in total. The van der Waals surface area contributed by atoms with Crippen molar-refractivity contribution in [1.29, 1.82) is 0 Å². The smallest absolute Gasteiger partial charge is 0.416 e. The summed E-state index contributed by atoms with van der Waals surface area (Å²) in [6, 6.07) is 6.67. The lowest BCUT2D eigenvalue weighted by Gasteiger charge is -2.31. The summed E-state index contributed by atoms with van der Waals surface area (Å²) in [5.41, 5.74) is 0.378. The highest BCUT2D eigenvalue weighted by Crippen LogP contribution is 2.39. The van der Waals surface area contributed by atoms with Gasteiger partial charge in [-0.05, 0) is 67.6 Å². The van der Waals surface area contributed by atoms with Gasteiger partial charge in [-0.15, -0.1) is 0 Å². The second-order valence-corrected chi connectivity index (χ2v) is 10.7. The van der Waals surface area contributed by atoms with E-state index in [0.717, 1.165) is 28.6 Å². The number of hydrogen-bond donors (Lipinski definition) is 0. The molecule has 4 rings (SSSR count). The van der Waals surface area contributed by atoms with Crippen molar-refractivity contribution in [2.75, 3.05) is 13.7 Å². The van der Waals surface area contributed by atoms with E-state index < -0.39 is 44.5 Å². The van der Waals surface area contributed by atoms with Crippen LogP contribution in [0.4, 0.5) is 17.6 Å². The van der Waals surface area contributed by atoms with E-state index in [1.54, 1.807) is 6.92 Å². The van der Waals surface area contributed by atoms with Crippen molar-refractivity contribution in [2.24, 2.45) is 0 Å². The normalized spacial score (nSPS) is 16.0. The molecule has 1 aliphatic carbocycles. The summed E-state index contributed by atoms with van der Waals surface area (Å²) < 4.78 is 89.2. The molecule has 0 radical (unpaired) electrons. The Hall–Kier alpha value is -3.25. The maximum atomic E-state index is 13.7. The molecule has 0 amide bonds. The fourth-order valence-corrected chi connectivity index (χ4v) is 5.93. The van der Waals surface area contributed by atoms with Crippen molar-refractivity contribution >= 4 is 16.0 Å². The fourth-order valence-electron chi connectivity index (χ4n) is 4.49. The Bertz CT molecular complexity index is 1400. The molecule has 198 valence electrons. The molecule has 1 aromatic heterocycles. The Morgan fingerprint density at radius 2 is 1.86 bits per heavy atom. The van der Waals surface area contributed by atoms with Gasteiger partial charge in [0, 0.05) is 18.3 Å². The van der Waals surface area contributed by atoms with Crippen LogP contribution in [0.3, 0.4) is 0 Å². The highest BCUT2D eigenvalue weighted by atomic mass is 32.2. The lowest BCUT2D eigenvalue weighted by atomic mass is 9.93. The largest absolute Gasteiger partial charge is 0.465 e. The minimum atomic E-state index is -4.80. The number of sulfonamides is 1. The van der Waals surface area contributed by atoms with Gasteiger partial charge >= 0.3 is 12.1 Å². The number of carbonyl (C=O) groups is 1. The van der Waals surface area contributed by atoms with Crippen molar-refractivity contribution in [1.82, 2.24) is 14.1 Å². The van der Waals surface area contributed by atoms with Crippen LogP contribution in [0.5, 0.6) is 0 Å². The first-order valence-corrected chi connectivity index (χ1v) is 13.0. The molecule has 0 saturated heterocycles. The molecule has 1 heterocycles. The zero-order valence-corrected chi connectivity index (χ0v) is 20.9. The van der Waals surface area contributed by atoms with Gasteiger partial charge in [-0.2, -0.15) is 22.6 Å². The molecule has 0 saturated carbocycles.